The summed E-state index contributed by atoms with van der Waals surface area (Å²) in [7, 11) is 0. The van der Waals surface area contributed by atoms with Gasteiger partial charge in [0, 0.05) is 0 Å². The zero-order valence-corrected chi connectivity index (χ0v) is 11.1. The maximum Gasteiger partial charge on any atom is 0.189 e. The van der Waals surface area contributed by atoms with Crippen molar-refractivity contribution in [3.05, 3.63) is 36.0 Å². The number of benzene rings is 1. The van der Waals surface area contributed by atoms with Gasteiger partial charge >= 0.3 is 0 Å². The van der Waals surface area contributed by atoms with E-state index in [1.165, 1.54) is 10.4 Å². The molecule has 1 aromatic heterocycles. The number of hydrogen-bond donors (Lipinski definition) is 2. The SMILES string of the molecule is CCc1nc(NC(N)=S)sc1-c1ccccc1. The predicted molar refractivity (Wildman–Crippen MR) is 77.3 cm³/mol. The Morgan fingerprint density at radius 1 is 1.41 bits per heavy atom. The van der Waals surface area contributed by atoms with Gasteiger partial charge in [-0.25, -0.2) is 4.98 Å². The van der Waals surface area contributed by atoms with Crippen LogP contribution in [0.4, 0.5) is 5.13 Å². The molecule has 0 atom stereocenters. The Balaban J connectivity index is 2.39. The van der Waals surface area contributed by atoms with Gasteiger partial charge in [0.05, 0.1) is 10.6 Å². The van der Waals surface area contributed by atoms with Crippen molar-refractivity contribution in [1.29, 1.82) is 0 Å². The summed E-state index contributed by atoms with van der Waals surface area (Å²) >= 11 is 6.39. The number of aromatic nitrogens is 1. The van der Waals surface area contributed by atoms with Crippen molar-refractivity contribution in [2.75, 3.05) is 5.32 Å². The van der Waals surface area contributed by atoms with E-state index < -0.39 is 0 Å². The second-order valence-corrected chi connectivity index (χ2v) is 4.94. The van der Waals surface area contributed by atoms with Crippen LogP contribution in [0.25, 0.3) is 10.4 Å². The number of aryl methyl sites for hydroxylation is 1. The number of thiocarbonyl (C=S) groups is 1. The molecule has 3 nitrogen and oxygen atoms in total. The van der Waals surface area contributed by atoms with E-state index in [1.54, 1.807) is 11.3 Å². The summed E-state index contributed by atoms with van der Waals surface area (Å²) in [6, 6.07) is 10.2. The van der Waals surface area contributed by atoms with Crippen molar-refractivity contribution < 1.29 is 0 Å². The van der Waals surface area contributed by atoms with Gasteiger partial charge in [0.2, 0.25) is 0 Å². The number of hydrogen-bond acceptors (Lipinski definition) is 3. The first-order chi connectivity index (χ1) is 8.20. The summed E-state index contributed by atoms with van der Waals surface area (Å²) in [4.78, 5) is 5.66. The highest BCUT2D eigenvalue weighted by molar-refractivity contribution is 7.80. The highest BCUT2D eigenvalue weighted by Gasteiger charge is 2.11. The van der Waals surface area contributed by atoms with Crippen LogP contribution in [0.1, 0.15) is 12.6 Å². The smallest absolute Gasteiger partial charge is 0.189 e. The van der Waals surface area contributed by atoms with Crippen molar-refractivity contribution in [2.24, 2.45) is 5.73 Å². The van der Waals surface area contributed by atoms with E-state index in [1.807, 2.05) is 18.2 Å². The molecule has 0 fully saturated rings. The van der Waals surface area contributed by atoms with Gasteiger partial charge in [-0.1, -0.05) is 48.6 Å². The number of nitrogens with zero attached hydrogens (tertiary/aromatic N) is 1. The van der Waals surface area contributed by atoms with Gasteiger partial charge < -0.3 is 11.1 Å². The van der Waals surface area contributed by atoms with E-state index in [2.05, 4.69) is 29.4 Å². The quantitative estimate of drug-likeness (QED) is 0.836. The third kappa shape index (κ3) is 2.81. The second kappa shape index (κ2) is 5.25. The molecule has 0 bridgehead atoms. The van der Waals surface area contributed by atoms with Crippen LogP contribution < -0.4 is 11.1 Å². The summed E-state index contributed by atoms with van der Waals surface area (Å²) in [6.07, 6.45) is 0.889. The molecule has 0 spiro atoms. The van der Waals surface area contributed by atoms with Gasteiger partial charge in [-0.3, -0.25) is 0 Å². The molecule has 0 unspecified atom stereocenters. The molecule has 0 saturated heterocycles. The lowest BCUT2D eigenvalue weighted by Gasteiger charge is -1.98. The summed E-state index contributed by atoms with van der Waals surface area (Å²) in [6.45, 7) is 2.09. The first-order valence-electron chi connectivity index (χ1n) is 5.32. The van der Waals surface area contributed by atoms with Crippen molar-refractivity contribution in [1.82, 2.24) is 4.98 Å². The van der Waals surface area contributed by atoms with E-state index in [9.17, 15) is 0 Å². The van der Waals surface area contributed by atoms with Crippen LogP contribution in [0.3, 0.4) is 0 Å². The van der Waals surface area contributed by atoms with Crippen molar-refractivity contribution in [3.8, 4) is 10.4 Å². The second-order valence-electron chi connectivity index (χ2n) is 3.50. The largest absolute Gasteiger partial charge is 0.376 e. The first-order valence-corrected chi connectivity index (χ1v) is 6.54. The summed E-state index contributed by atoms with van der Waals surface area (Å²) in [5, 5.41) is 3.89. The maximum absolute atomic E-state index is 5.45. The summed E-state index contributed by atoms with van der Waals surface area (Å²) < 4.78 is 0. The van der Waals surface area contributed by atoms with Gasteiger partial charge in [0.15, 0.2) is 10.2 Å². The van der Waals surface area contributed by atoms with E-state index >= 15 is 0 Å². The number of nitrogens with two attached hydrogens (primary N) is 1. The molecule has 3 N–H and O–H groups in total. The van der Waals surface area contributed by atoms with Crippen molar-refractivity contribution in [3.63, 3.8) is 0 Å². The Morgan fingerprint density at radius 2 is 2.12 bits per heavy atom. The van der Waals surface area contributed by atoms with Gasteiger partial charge in [0.1, 0.15) is 0 Å². The van der Waals surface area contributed by atoms with Crippen LogP contribution in [-0.2, 0) is 6.42 Å². The molecule has 0 amide bonds. The van der Waals surface area contributed by atoms with Gasteiger partial charge in [-0.15, -0.1) is 0 Å². The Bertz CT molecular complexity index is 520. The van der Waals surface area contributed by atoms with Gasteiger partial charge in [0.25, 0.3) is 0 Å². The predicted octanol–water partition coefficient (Wildman–Crippen LogP) is 3.03. The minimum atomic E-state index is 0.251. The fourth-order valence-electron chi connectivity index (χ4n) is 1.57. The third-order valence-electron chi connectivity index (χ3n) is 2.30. The number of anilines is 1. The molecule has 0 aliphatic carbocycles. The highest BCUT2D eigenvalue weighted by atomic mass is 32.1. The monoisotopic (exact) mass is 263 g/mol. The first kappa shape index (κ1) is 12.0. The fourth-order valence-corrected chi connectivity index (χ4v) is 2.80. The molecular weight excluding hydrogens is 250 g/mol. The normalized spacial score (nSPS) is 10.2. The van der Waals surface area contributed by atoms with Gasteiger partial charge in [-0.2, -0.15) is 0 Å². The van der Waals surface area contributed by atoms with E-state index in [-0.39, 0.29) is 5.11 Å². The van der Waals surface area contributed by atoms with Crippen molar-refractivity contribution in [2.45, 2.75) is 13.3 Å². The lowest BCUT2D eigenvalue weighted by atomic mass is 10.1. The maximum atomic E-state index is 5.45. The molecule has 0 radical (unpaired) electrons. The molecular formula is C12H13N3S2. The van der Waals surface area contributed by atoms with Crippen molar-refractivity contribution >= 4 is 33.8 Å². The third-order valence-corrected chi connectivity index (χ3v) is 3.46. The number of rotatable bonds is 3. The average molecular weight is 263 g/mol. The van der Waals surface area contributed by atoms with Crippen LogP contribution in [0.15, 0.2) is 30.3 Å². The zero-order valence-electron chi connectivity index (χ0n) is 9.43. The average Bonchev–Trinajstić information content (AvgIpc) is 2.72. The molecule has 88 valence electrons. The minimum Gasteiger partial charge on any atom is -0.376 e. The molecule has 2 rings (SSSR count). The molecule has 0 saturated carbocycles. The summed E-state index contributed by atoms with van der Waals surface area (Å²) in [5.74, 6) is 0. The van der Waals surface area contributed by atoms with Crippen LogP contribution in [0.5, 0.6) is 0 Å². The van der Waals surface area contributed by atoms with E-state index in [0.29, 0.717) is 0 Å². The van der Waals surface area contributed by atoms with Crippen LogP contribution in [0, 0.1) is 0 Å². The lowest BCUT2D eigenvalue weighted by molar-refractivity contribution is 1.07. The van der Waals surface area contributed by atoms with Crippen LogP contribution >= 0.6 is 23.6 Å². The highest BCUT2D eigenvalue weighted by Crippen LogP contribution is 2.33. The number of nitrogens with one attached hydrogen (secondary N) is 1. The zero-order chi connectivity index (χ0) is 12.3. The standard InChI is InChI=1S/C12H13N3S2/c1-2-9-10(8-6-4-3-5-7-8)17-12(14-9)15-11(13)16/h3-7H,2H2,1H3,(H3,13,14,15,16). The number of thiazole rings is 1. The van der Waals surface area contributed by atoms with E-state index in [4.69, 9.17) is 18.0 Å². The minimum absolute atomic E-state index is 0.251. The van der Waals surface area contributed by atoms with Crippen LogP contribution in [-0.4, -0.2) is 10.1 Å². The Kier molecular flexibility index (Phi) is 3.71. The lowest BCUT2D eigenvalue weighted by Crippen LogP contribution is -2.18. The van der Waals surface area contributed by atoms with Crippen LogP contribution in [0.2, 0.25) is 0 Å². The molecule has 17 heavy (non-hydrogen) atoms. The Labute approximate surface area is 110 Å². The van der Waals surface area contributed by atoms with E-state index in [0.717, 1.165) is 17.2 Å². The fraction of sp³-hybridized carbons (Fsp3) is 0.167. The molecule has 1 heterocycles. The Hall–Kier alpha value is -1.46. The molecule has 5 heteroatoms. The van der Waals surface area contributed by atoms with Gasteiger partial charge in [-0.05, 0) is 24.2 Å². The molecule has 2 aromatic rings. The summed E-state index contributed by atoms with van der Waals surface area (Å²) in [5.41, 5.74) is 7.70. The Morgan fingerprint density at radius 3 is 2.71 bits per heavy atom. The molecule has 0 aliphatic heterocycles. The topological polar surface area (TPSA) is 50.9 Å². The molecule has 0 aliphatic rings. The molecule has 1 aromatic carbocycles.